The third-order valence-corrected chi connectivity index (χ3v) is 7.01. The van der Waals surface area contributed by atoms with Crippen molar-refractivity contribution in [2.24, 2.45) is 0 Å². The Hall–Kier alpha value is -2.92. The number of alkyl halides is 6. The first-order valence-corrected chi connectivity index (χ1v) is 11.5. The van der Waals surface area contributed by atoms with Gasteiger partial charge in [0.15, 0.2) is 5.82 Å². The number of hydrogen-bond donors (Lipinski definition) is 1. The van der Waals surface area contributed by atoms with Crippen molar-refractivity contribution in [2.45, 2.75) is 68.7 Å². The molecule has 1 aromatic heterocycles. The number of rotatable bonds is 5. The molecular weight excluding hydrogens is 488 g/mol. The number of nitrogens with one attached hydrogen (secondary N) is 1. The molecular formula is C25H23F6N3O2. The van der Waals surface area contributed by atoms with Gasteiger partial charge in [-0.25, -0.2) is 0 Å². The Morgan fingerprint density at radius 1 is 1.00 bits per heavy atom. The second-order valence-electron chi connectivity index (χ2n) is 9.37. The van der Waals surface area contributed by atoms with Gasteiger partial charge in [-0.1, -0.05) is 35.5 Å². The Labute approximate surface area is 202 Å². The van der Waals surface area contributed by atoms with E-state index in [1.807, 2.05) is 30.3 Å². The van der Waals surface area contributed by atoms with Crippen molar-refractivity contribution in [3.63, 3.8) is 0 Å². The van der Waals surface area contributed by atoms with Crippen LogP contribution in [-0.2, 0) is 29.2 Å². The maximum Gasteiger partial charge on any atom is 0.416 e. The highest BCUT2D eigenvalue weighted by molar-refractivity contribution is 5.35. The number of benzene rings is 2. The fourth-order valence-electron chi connectivity index (χ4n) is 5.43. The van der Waals surface area contributed by atoms with Crippen molar-refractivity contribution in [1.82, 2.24) is 15.5 Å². The smallest absolute Gasteiger partial charge is 0.371 e. The highest BCUT2D eigenvalue weighted by Crippen LogP contribution is 2.50. The summed E-state index contributed by atoms with van der Waals surface area (Å²) in [6, 6.07) is 11.0. The molecule has 4 unspecified atom stereocenters. The van der Waals surface area contributed by atoms with Gasteiger partial charge in [-0.05, 0) is 55.5 Å². The van der Waals surface area contributed by atoms with Crippen molar-refractivity contribution < 1.29 is 35.6 Å². The van der Waals surface area contributed by atoms with E-state index in [1.54, 1.807) is 6.92 Å². The highest BCUT2D eigenvalue weighted by atomic mass is 19.4. The fraction of sp³-hybridized carbons (Fsp3) is 0.440. The van der Waals surface area contributed by atoms with Crippen molar-refractivity contribution in [1.29, 1.82) is 0 Å². The number of ether oxygens (including phenoxy) is 1. The minimum atomic E-state index is -4.91. The van der Waals surface area contributed by atoms with Crippen LogP contribution in [0.4, 0.5) is 26.3 Å². The zero-order valence-electron chi connectivity index (χ0n) is 19.2. The first-order chi connectivity index (χ1) is 17.0. The summed E-state index contributed by atoms with van der Waals surface area (Å²) in [5.74, 6) is 0.902. The quantitative estimate of drug-likeness (QED) is 0.418. The van der Waals surface area contributed by atoms with Crippen LogP contribution in [0.5, 0.6) is 0 Å². The summed E-state index contributed by atoms with van der Waals surface area (Å²) >= 11 is 0. The third kappa shape index (κ3) is 4.61. The second-order valence-corrected chi connectivity index (χ2v) is 9.37. The van der Waals surface area contributed by atoms with Crippen molar-refractivity contribution in [3.8, 4) is 0 Å². The van der Waals surface area contributed by atoms with Crippen LogP contribution in [-0.4, -0.2) is 22.3 Å². The van der Waals surface area contributed by atoms with Crippen molar-refractivity contribution in [2.75, 3.05) is 0 Å². The Balaban J connectivity index is 1.46. The number of aryl methyl sites for hydroxylation is 1. The molecule has 2 saturated heterocycles. The summed E-state index contributed by atoms with van der Waals surface area (Å²) in [5.41, 5.74) is -2.71. The van der Waals surface area contributed by atoms with E-state index in [2.05, 4.69) is 15.5 Å². The lowest BCUT2D eigenvalue weighted by Gasteiger charge is -2.42. The summed E-state index contributed by atoms with van der Waals surface area (Å²) in [7, 11) is 0. The molecule has 0 aliphatic carbocycles. The van der Waals surface area contributed by atoms with Gasteiger partial charge in [0.05, 0.1) is 35.3 Å². The lowest BCUT2D eigenvalue weighted by atomic mass is 9.80. The molecule has 2 aliphatic rings. The Kier molecular flexibility index (Phi) is 6.11. The summed E-state index contributed by atoms with van der Waals surface area (Å²) < 4.78 is 91.4. The molecule has 2 fully saturated rings. The van der Waals surface area contributed by atoms with Crippen LogP contribution in [0.1, 0.15) is 59.1 Å². The molecule has 1 N–H and O–H groups in total. The molecule has 2 aliphatic heterocycles. The third-order valence-electron chi connectivity index (χ3n) is 7.01. The average molecular weight is 511 g/mol. The van der Waals surface area contributed by atoms with Crippen LogP contribution in [0.3, 0.4) is 0 Å². The normalized spacial score (nSPS) is 26.4. The van der Waals surface area contributed by atoms with Crippen LogP contribution in [0.15, 0.2) is 53.1 Å². The second kappa shape index (κ2) is 8.88. The molecule has 0 amide bonds. The first kappa shape index (κ1) is 24.8. The van der Waals surface area contributed by atoms with Crippen molar-refractivity contribution >= 4 is 0 Å². The Morgan fingerprint density at radius 2 is 1.67 bits per heavy atom. The Morgan fingerprint density at radius 3 is 2.25 bits per heavy atom. The molecule has 0 radical (unpaired) electrons. The fourth-order valence-corrected chi connectivity index (χ4v) is 5.43. The first-order valence-electron chi connectivity index (χ1n) is 11.5. The summed E-state index contributed by atoms with van der Waals surface area (Å²) in [4.78, 5) is 4.39. The molecule has 5 nitrogen and oxygen atoms in total. The predicted octanol–water partition coefficient (Wildman–Crippen LogP) is 6.14. The van der Waals surface area contributed by atoms with E-state index >= 15 is 0 Å². The van der Waals surface area contributed by atoms with E-state index in [4.69, 9.17) is 9.26 Å². The lowest BCUT2D eigenvalue weighted by Crippen LogP contribution is -2.54. The largest absolute Gasteiger partial charge is 0.416 e. The highest BCUT2D eigenvalue weighted by Gasteiger charge is 2.56. The van der Waals surface area contributed by atoms with E-state index in [0.717, 1.165) is 5.56 Å². The molecule has 3 aromatic rings. The van der Waals surface area contributed by atoms with Gasteiger partial charge >= 0.3 is 12.4 Å². The van der Waals surface area contributed by atoms with Crippen LogP contribution in [0.2, 0.25) is 0 Å². The van der Waals surface area contributed by atoms with Gasteiger partial charge in [-0.15, -0.1) is 0 Å². The molecule has 2 aromatic carbocycles. The molecule has 11 heteroatoms. The zero-order valence-corrected chi connectivity index (χ0v) is 19.2. The SMILES string of the molecule is Cc1noc(C2CC3(c4ccccc4)NC2CCC3OCc2cc(C(F)(F)F)cc(C(F)(F)F)c2)n1. The number of halogens is 6. The van der Waals surface area contributed by atoms with E-state index in [-0.39, 0.29) is 23.6 Å². The van der Waals surface area contributed by atoms with Crippen LogP contribution >= 0.6 is 0 Å². The summed E-state index contributed by atoms with van der Waals surface area (Å²) in [6.45, 7) is 1.33. The monoisotopic (exact) mass is 511 g/mol. The van der Waals surface area contributed by atoms with Gasteiger partial charge < -0.3 is 14.6 Å². The van der Waals surface area contributed by atoms with E-state index in [1.165, 1.54) is 0 Å². The zero-order chi connectivity index (χ0) is 25.7. The van der Waals surface area contributed by atoms with E-state index in [9.17, 15) is 26.3 Å². The number of hydrogen-bond acceptors (Lipinski definition) is 5. The van der Waals surface area contributed by atoms with Crippen LogP contribution in [0, 0.1) is 6.92 Å². The van der Waals surface area contributed by atoms with Gasteiger partial charge in [-0.2, -0.15) is 31.3 Å². The van der Waals surface area contributed by atoms with Gasteiger partial charge in [0.2, 0.25) is 5.89 Å². The topological polar surface area (TPSA) is 60.2 Å². The van der Waals surface area contributed by atoms with Gasteiger partial charge in [-0.3, -0.25) is 0 Å². The maximum atomic E-state index is 13.3. The molecule has 192 valence electrons. The summed E-state index contributed by atoms with van der Waals surface area (Å²) in [6.07, 6.45) is -8.58. The van der Waals surface area contributed by atoms with Gasteiger partial charge in [0.1, 0.15) is 0 Å². The van der Waals surface area contributed by atoms with Crippen LogP contribution in [0.25, 0.3) is 0 Å². The Bertz CT molecular complexity index is 1190. The standard InChI is InChI=1S/C25H23F6N3O2/c1-14-32-22(36-34-14)19-12-23(16-5-3-2-4-6-16)21(8-7-20(19)33-23)35-13-15-9-17(24(26,27)28)11-18(10-15)25(29,30)31/h2-6,9-11,19-21,33H,7-8,12-13H2,1H3. The van der Waals surface area contributed by atoms with Crippen molar-refractivity contribution in [3.05, 3.63) is 82.5 Å². The maximum absolute atomic E-state index is 13.3. The molecule has 0 spiro atoms. The molecule has 3 heterocycles. The average Bonchev–Trinajstić information content (AvgIpc) is 3.39. The molecule has 5 rings (SSSR count). The molecule has 4 atom stereocenters. The number of piperidine rings is 1. The number of nitrogens with zero attached hydrogens (tertiary/aromatic N) is 2. The molecule has 0 saturated carbocycles. The van der Waals surface area contributed by atoms with E-state index in [0.29, 0.717) is 43.1 Å². The molecule has 36 heavy (non-hydrogen) atoms. The number of aromatic nitrogens is 2. The van der Waals surface area contributed by atoms with Crippen LogP contribution < -0.4 is 5.32 Å². The van der Waals surface area contributed by atoms with E-state index < -0.39 is 41.7 Å². The van der Waals surface area contributed by atoms with Gasteiger partial charge in [0, 0.05) is 6.04 Å². The predicted molar refractivity (Wildman–Crippen MR) is 116 cm³/mol. The lowest BCUT2D eigenvalue weighted by molar-refractivity contribution is -0.143. The van der Waals surface area contributed by atoms with Gasteiger partial charge in [0.25, 0.3) is 0 Å². The molecule has 2 bridgehead atoms. The minimum absolute atomic E-state index is 0.00953. The summed E-state index contributed by atoms with van der Waals surface area (Å²) in [5, 5.41) is 7.52. The number of fused-ring (bicyclic) bond motifs is 2. The minimum Gasteiger partial charge on any atom is -0.371 e.